The van der Waals surface area contributed by atoms with E-state index < -0.39 is 17.7 Å². The maximum atomic E-state index is 13.4. The number of carboxylic acid groups (broad SMARTS) is 1. The standard InChI is InChI=1S/C11H12FNO2/c12-9-4-2-1-3-8(9)10(11(14)15)7-5-13-6-7/h1-4,7,10,13H,5-6H2,(H,14,15). The van der Waals surface area contributed by atoms with E-state index in [1.165, 1.54) is 6.07 Å². The van der Waals surface area contributed by atoms with Crippen LogP contribution in [-0.4, -0.2) is 24.2 Å². The molecule has 0 saturated carbocycles. The van der Waals surface area contributed by atoms with Crippen LogP contribution in [0.3, 0.4) is 0 Å². The molecule has 1 aromatic rings. The lowest BCUT2D eigenvalue weighted by molar-refractivity contribution is -0.140. The SMILES string of the molecule is O=C(O)C(c1ccccc1F)C1CNC1. The highest BCUT2D eigenvalue weighted by Gasteiger charge is 2.35. The molecule has 0 radical (unpaired) electrons. The summed E-state index contributed by atoms with van der Waals surface area (Å²) in [7, 11) is 0. The Balaban J connectivity index is 2.32. The molecule has 1 aliphatic heterocycles. The first kappa shape index (κ1) is 10.1. The predicted molar refractivity (Wildman–Crippen MR) is 53.1 cm³/mol. The number of aliphatic carboxylic acids is 1. The van der Waals surface area contributed by atoms with Gasteiger partial charge in [-0.3, -0.25) is 4.79 Å². The highest BCUT2D eigenvalue weighted by molar-refractivity contribution is 5.76. The molecule has 1 aliphatic rings. The second kappa shape index (κ2) is 3.98. The zero-order valence-electron chi connectivity index (χ0n) is 8.11. The van der Waals surface area contributed by atoms with E-state index in [0.29, 0.717) is 13.1 Å². The lowest BCUT2D eigenvalue weighted by Gasteiger charge is -2.32. The van der Waals surface area contributed by atoms with Crippen LogP contribution in [0.4, 0.5) is 4.39 Å². The number of halogens is 1. The van der Waals surface area contributed by atoms with Crippen molar-refractivity contribution in [1.82, 2.24) is 5.32 Å². The molecule has 4 heteroatoms. The van der Waals surface area contributed by atoms with Gasteiger partial charge in [-0.05, 0) is 6.07 Å². The molecule has 0 bridgehead atoms. The Morgan fingerprint density at radius 1 is 1.47 bits per heavy atom. The van der Waals surface area contributed by atoms with Crippen LogP contribution in [0.15, 0.2) is 24.3 Å². The molecule has 80 valence electrons. The molecule has 0 aromatic heterocycles. The van der Waals surface area contributed by atoms with Gasteiger partial charge in [0.25, 0.3) is 0 Å². The summed E-state index contributed by atoms with van der Waals surface area (Å²) in [5.74, 6) is -2.12. The van der Waals surface area contributed by atoms with Crippen LogP contribution < -0.4 is 5.32 Å². The first-order chi connectivity index (χ1) is 7.20. The third-order valence-electron chi connectivity index (χ3n) is 2.79. The van der Waals surface area contributed by atoms with Gasteiger partial charge in [-0.15, -0.1) is 0 Å². The average Bonchev–Trinajstić information content (AvgIpc) is 2.12. The van der Waals surface area contributed by atoms with Gasteiger partial charge in [0.2, 0.25) is 0 Å². The average molecular weight is 209 g/mol. The third-order valence-corrected chi connectivity index (χ3v) is 2.79. The van der Waals surface area contributed by atoms with E-state index in [2.05, 4.69) is 5.32 Å². The number of benzene rings is 1. The summed E-state index contributed by atoms with van der Waals surface area (Å²) in [6.45, 7) is 1.29. The molecule has 0 amide bonds. The summed E-state index contributed by atoms with van der Waals surface area (Å²) < 4.78 is 13.4. The van der Waals surface area contributed by atoms with Crippen molar-refractivity contribution < 1.29 is 14.3 Å². The summed E-state index contributed by atoms with van der Waals surface area (Å²) in [5, 5.41) is 12.1. The number of hydrogen-bond acceptors (Lipinski definition) is 2. The molecule has 1 aromatic carbocycles. The predicted octanol–water partition coefficient (Wildman–Crippen LogP) is 1.21. The van der Waals surface area contributed by atoms with Gasteiger partial charge < -0.3 is 10.4 Å². The van der Waals surface area contributed by atoms with Crippen LogP contribution in [0.5, 0.6) is 0 Å². The van der Waals surface area contributed by atoms with Crippen molar-refractivity contribution in [1.29, 1.82) is 0 Å². The van der Waals surface area contributed by atoms with Gasteiger partial charge in [-0.25, -0.2) is 4.39 Å². The van der Waals surface area contributed by atoms with Crippen molar-refractivity contribution in [2.75, 3.05) is 13.1 Å². The Labute approximate surface area is 86.9 Å². The molecule has 1 fully saturated rings. The number of rotatable bonds is 3. The van der Waals surface area contributed by atoms with Crippen molar-refractivity contribution in [2.45, 2.75) is 5.92 Å². The van der Waals surface area contributed by atoms with E-state index in [4.69, 9.17) is 5.11 Å². The van der Waals surface area contributed by atoms with E-state index in [1.807, 2.05) is 0 Å². The number of hydrogen-bond donors (Lipinski definition) is 2. The van der Waals surface area contributed by atoms with Gasteiger partial charge in [0.15, 0.2) is 0 Å². The summed E-state index contributed by atoms with van der Waals surface area (Å²) in [5.41, 5.74) is 0.288. The quantitative estimate of drug-likeness (QED) is 0.786. The molecule has 1 heterocycles. The Morgan fingerprint density at radius 3 is 2.60 bits per heavy atom. The molecule has 0 aliphatic carbocycles. The lowest BCUT2D eigenvalue weighted by atomic mass is 9.82. The molecule has 2 rings (SSSR count). The fraction of sp³-hybridized carbons (Fsp3) is 0.364. The number of carbonyl (C=O) groups is 1. The zero-order valence-corrected chi connectivity index (χ0v) is 8.11. The van der Waals surface area contributed by atoms with Crippen molar-refractivity contribution in [3.63, 3.8) is 0 Å². The van der Waals surface area contributed by atoms with Gasteiger partial charge in [-0.1, -0.05) is 18.2 Å². The highest BCUT2D eigenvalue weighted by atomic mass is 19.1. The fourth-order valence-corrected chi connectivity index (χ4v) is 1.86. The largest absolute Gasteiger partial charge is 0.481 e. The van der Waals surface area contributed by atoms with Crippen molar-refractivity contribution in [3.05, 3.63) is 35.6 Å². The van der Waals surface area contributed by atoms with Crippen molar-refractivity contribution in [2.24, 2.45) is 5.92 Å². The minimum absolute atomic E-state index is 0.000556. The topological polar surface area (TPSA) is 49.3 Å². The maximum Gasteiger partial charge on any atom is 0.311 e. The molecular formula is C11H12FNO2. The maximum absolute atomic E-state index is 13.4. The first-order valence-corrected chi connectivity index (χ1v) is 4.88. The van der Waals surface area contributed by atoms with Crippen LogP contribution in [-0.2, 0) is 4.79 Å². The number of nitrogens with one attached hydrogen (secondary N) is 1. The third kappa shape index (κ3) is 1.85. The second-order valence-corrected chi connectivity index (χ2v) is 3.76. The van der Waals surface area contributed by atoms with Gasteiger partial charge in [-0.2, -0.15) is 0 Å². The van der Waals surface area contributed by atoms with Crippen molar-refractivity contribution >= 4 is 5.97 Å². The van der Waals surface area contributed by atoms with Crippen LogP contribution in [0.25, 0.3) is 0 Å². The Bertz CT molecular complexity index is 377. The second-order valence-electron chi connectivity index (χ2n) is 3.76. The zero-order chi connectivity index (χ0) is 10.8. The van der Waals surface area contributed by atoms with E-state index in [0.717, 1.165) is 0 Å². The first-order valence-electron chi connectivity index (χ1n) is 4.88. The lowest BCUT2D eigenvalue weighted by Crippen LogP contribution is -2.47. The van der Waals surface area contributed by atoms with E-state index in [1.54, 1.807) is 18.2 Å². The fourth-order valence-electron chi connectivity index (χ4n) is 1.86. The minimum atomic E-state index is -0.952. The summed E-state index contributed by atoms with van der Waals surface area (Å²) >= 11 is 0. The smallest absolute Gasteiger partial charge is 0.311 e. The Kier molecular flexibility index (Phi) is 2.68. The molecule has 15 heavy (non-hydrogen) atoms. The molecule has 1 saturated heterocycles. The molecule has 1 atom stereocenters. The van der Waals surface area contributed by atoms with E-state index >= 15 is 0 Å². The number of carboxylic acids is 1. The van der Waals surface area contributed by atoms with Crippen LogP contribution in [0, 0.1) is 11.7 Å². The Hall–Kier alpha value is -1.42. The van der Waals surface area contributed by atoms with Gasteiger partial charge in [0.05, 0.1) is 5.92 Å². The summed E-state index contributed by atoms with van der Waals surface area (Å²) in [4.78, 5) is 11.1. The molecule has 2 N–H and O–H groups in total. The highest BCUT2D eigenvalue weighted by Crippen LogP contribution is 2.29. The van der Waals surface area contributed by atoms with Crippen LogP contribution in [0.2, 0.25) is 0 Å². The molecular weight excluding hydrogens is 197 g/mol. The van der Waals surface area contributed by atoms with Crippen LogP contribution in [0.1, 0.15) is 11.5 Å². The monoisotopic (exact) mass is 209 g/mol. The Morgan fingerprint density at radius 2 is 2.13 bits per heavy atom. The van der Waals surface area contributed by atoms with Crippen molar-refractivity contribution in [3.8, 4) is 0 Å². The minimum Gasteiger partial charge on any atom is -0.481 e. The summed E-state index contributed by atoms with van der Waals surface area (Å²) in [6, 6.07) is 6.08. The van der Waals surface area contributed by atoms with Gasteiger partial charge in [0.1, 0.15) is 5.82 Å². The van der Waals surface area contributed by atoms with E-state index in [9.17, 15) is 9.18 Å². The molecule has 0 spiro atoms. The van der Waals surface area contributed by atoms with Gasteiger partial charge >= 0.3 is 5.97 Å². The van der Waals surface area contributed by atoms with Crippen LogP contribution >= 0.6 is 0 Å². The van der Waals surface area contributed by atoms with Gasteiger partial charge in [0, 0.05) is 24.6 Å². The van der Waals surface area contributed by atoms with E-state index in [-0.39, 0.29) is 11.5 Å². The summed E-state index contributed by atoms with van der Waals surface area (Å²) in [6.07, 6.45) is 0. The molecule has 3 nitrogen and oxygen atoms in total. The molecule has 1 unspecified atom stereocenters. The normalized spacial score (nSPS) is 18.2.